The van der Waals surface area contributed by atoms with Gasteiger partial charge in [0.15, 0.2) is 17.9 Å². The minimum absolute atomic E-state index is 0.0136. The number of aliphatic carboxylic acids is 3. The molecule has 1 saturated heterocycles. The SMILES string of the molecule is CC(C)C[C@H](NC(=O)[C@@H]1CCCN1C(=O)[C@H](Cc1ccc(O)cc1)NC(=O)[C@H](CCCNC(=N)N)NC(=O)[C@H](CS)NC(=O)[C@H](CS)NC(=O)[C@H](CCCNC(=N)N)NC(=O)[C@H](CO)NC(=O)[C@H](CO)NC(=O)CN)C(=O)N[C@H](C(=O)N[C@H](C(=O)N[C@@H](CC(=O)O)C(=O)N[C@@H](Cc1ccccc1)C(=O)N[C@@H](CCC(=O)O)C(=O)N[C@@H](CCCNC(=N)N)C(=O)N[C@@H](CO)C(=O)O)C(C)C)[C@@H](C)O. The highest BCUT2D eigenvalue weighted by Gasteiger charge is 2.44. The number of aliphatic hydroxyl groups excluding tert-OH is 4. The molecular weight excluding hydrogens is 1850 g/mol. The molecule has 2 aromatic carbocycles. The number of guanidine groups is 3. The van der Waals surface area contributed by atoms with Gasteiger partial charge in [0.2, 0.25) is 94.5 Å². The van der Waals surface area contributed by atoms with E-state index in [1.54, 1.807) is 32.0 Å². The molecule has 3 rings (SSSR count). The van der Waals surface area contributed by atoms with Crippen LogP contribution < -0.4 is 119 Å². The molecule has 16 amide bonds. The van der Waals surface area contributed by atoms with Crippen LogP contribution in [0.2, 0.25) is 0 Å². The summed E-state index contributed by atoms with van der Waals surface area (Å²) >= 11 is 8.50. The van der Waals surface area contributed by atoms with Gasteiger partial charge in [-0.15, -0.1) is 0 Å². The molecule has 0 spiro atoms. The lowest BCUT2D eigenvalue weighted by atomic mass is 9.99. The van der Waals surface area contributed by atoms with E-state index in [4.69, 9.17) is 39.2 Å². The van der Waals surface area contributed by atoms with E-state index < -0.39 is 308 Å². The first kappa shape index (κ1) is 118. The lowest BCUT2D eigenvalue weighted by Crippen LogP contribution is -2.63. The van der Waals surface area contributed by atoms with Gasteiger partial charge in [-0.1, -0.05) is 70.2 Å². The number of carbonyl (C=O) groups is 19. The third-order valence-corrected chi connectivity index (χ3v) is 21.5. The number of nitrogens with one attached hydrogen (secondary N) is 21. The second-order valence-corrected chi connectivity index (χ2v) is 33.4. The van der Waals surface area contributed by atoms with Crippen molar-refractivity contribution in [3.63, 3.8) is 0 Å². The van der Waals surface area contributed by atoms with Crippen molar-refractivity contribution in [1.29, 1.82) is 16.2 Å². The number of rotatable bonds is 62. The minimum Gasteiger partial charge on any atom is -0.508 e. The highest BCUT2D eigenvalue weighted by molar-refractivity contribution is 7.80. The summed E-state index contributed by atoms with van der Waals surface area (Å²) in [5, 5.41) is 146. The van der Waals surface area contributed by atoms with E-state index in [-0.39, 0.29) is 96.1 Å². The van der Waals surface area contributed by atoms with Gasteiger partial charge in [-0.3, -0.25) is 103 Å². The number of hydrogen-bond acceptors (Lipinski definition) is 30. The van der Waals surface area contributed by atoms with Gasteiger partial charge in [-0.2, -0.15) is 25.3 Å². The second kappa shape index (κ2) is 60.8. The maximum atomic E-state index is 15.2. The van der Waals surface area contributed by atoms with Crippen molar-refractivity contribution in [2.24, 2.45) is 34.8 Å². The Morgan fingerprint density at radius 2 is 0.788 bits per heavy atom. The predicted octanol–water partition coefficient (Wildman–Crippen LogP) is -11.5. The number of likely N-dealkylation sites (tertiary alicyclic amines) is 1. The Morgan fingerprint density at radius 1 is 0.423 bits per heavy atom. The standard InChI is InChI=1S/C82H130N26O27S2/c1-39(2)29-49(70(125)107-63(41(5)112)77(132)106-62(40(3)4)76(131)100-51(32-61(117)118)69(124)98-50(30-42-13-7-6-8-14-42)68(123)97-48(23-24-60(115)116)67(122)94-46(16-10-26-91-81(86)87)65(120)103-55(36-111)79(134)135)99-75(130)58-18-12-28-108(58)78(133)52(31-43-19-21-44(113)22-20-43)101-64(119)45(15-9-25-90-80(84)85)96-73(128)56(37-136)105-74(129)57(38-137)104-66(121)47(17-11-27-92-82(88)89)95-72(127)54(35-110)102-71(126)53(34-109)93-59(114)33-83/h6-8,13-14,19-22,39-41,45-58,62-63,109-113,136-137H,9-12,15-18,23-38,83H2,1-5H3,(H,93,114)(H,94,122)(H,95,127)(H,96,128)(H,97,123)(H,98,124)(H,99,130)(H,100,131)(H,101,119)(H,102,126)(H,103,120)(H,104,121)(H,105,129)(H,106,132)(H,107,125)(H,115,116)(H,117,118)(H,134,135)(H4,84,85,90)(H4,86,87,91)(H4,88,89,92)/t41-,45+,46+,47+,48+,49+,50+,51+,52+,53+,54+,55+,56+,57+,58+,62+,63+/m1/s1. The number of phenols is 1. The van der Waals surface area contributed by atoms with Crippen molar-refractivity contribution in [2.45, 2.75) is 227 Å². The quantitative estimate of drug-likeness (QED) is 0.0127. The lowest BCUT2D eigenvalue weighted by molar-refractivity contribution is -0.143. The summed E-state index contributed by atoms with van der Waals surface area (Å²) in [6.07, 6.45) is -6.14. The number of hydrogen-bond donors (Lipinski definition) is 35. The summed E-state index contributed by atoms with van der Waals surface area (Å²) in [6, 6.07) is -14.3. The molecule has 0 radical (unpaired) electrons. The molecule has 1 aliphatic rings. The van der Waals surface area contributed by atoms with Crippen LogP contribution in [-0.4, -0.2) is 343 Å². The van der Waals surface area contributed by atoms with Gasteiger partial charge in [0.1, 0.15) is 102 Å². The smallest absolute Gasteiger partial charge is 0.328 e. The molecule has 0 saturated carbocycles. The van der Waals surface area contributed by atoms with Crippen LogP contribution in [0.1, 0.15) is 123 Å². The fourth-order valence-corrected chi connectivity index (χ4v) is 14.1. The van der Waals surface area contributed by atoms with Gasteiger partial charge in [-0.25, -0.2) is 4.79 Å². The van der Waals surface area contributed by atoms with Gasteiger partial charge < -0.3 is 164 Å². The number of carbonyl (C=O) groups excluding carboxylic acids is 16. The molecule has 1 aliphatic heterocycles. The average Bonchev–Trinajstić information content (AvgIpc) is 1.80. The van der Waals surface area contributed by atoms with E-state index in [1.165, 1.54) is 50.2 Å². The van der Waals surface area contributed by atoms with Gasteiger partial charge in [0.05, 0.1) is 38.9 Å². The number of nitrogens with two attached hydrogens (primary N) is 4. The topological polar surface area (TPSA) is 882 Å². The molecule has 37 N–H and O–H groups in total. The van der Waals surface area contributed by atoms with E-state index in [2.05, 4.69) is 121 Å². The van der Waals surface area contributed by atoms with Crippen molar-refractivity contribution in [3.05, 3.63) is 65.7 Å². The number of nitrogens with zero attached hydrogens (tertiary/aromatic N) is 1. The zero-order valence-electron chi connectivity index (χ0n) is 76.1. The highest BCUT2D eigenvalue weighted by atomic mass is 32.1. The molecule has 53 nitrogen and oxygen atoms in total. The van der Waals surface area contributed by atoms with Crippen LogP contribution in [0.25, 0.3) is 0 Å². The van der Waals surface area contributed by atoms with Crippen molar-refractivity contribution in [3.8, 4) is 5.75 Å². The Hall–Kier alpha value is -13.5. The summed E-state index contributed by atoms with van der Waals surface area (Å²) in [7, 11) is 0. The Bertz CT molecular complexity index is 4490. The van der Waals surface area contributed by atoms with E-state index in [9.17, 15) is 127 Å². The van der Waals surface area contributed by atoms with Crippen molar-refractivity contribution >= 4 is 156 Å². The molecule has 1 heterocycles. The first-order valence-electron chi connectivity index (χ1n) is 43.6. The maximum absolute atomic E-state index is 15.2. The van der Waals surface area contributed by atoms with Gasteiger partial charge in [-0.05, 0) is 106 Å². The Labute approximate surface area is 798 Å². The van der Waals surface area contributed by atoms with Gasteiger partial charge in [0, 0.05) is 56.9 Å². The number of carboxylic acids is 3. The number of thiol groups is 2. The predicted molar refractivity (Wildman–Crippen MR) is 494 cm³/mol. The Balaban J connectivity index is 1.97. The first-order valence-corrected chi connectivity index (χ1v) is 44.9. The van der Waals surface area contributed by atoms with Gasteiger partial charge >= 0.3 is 17.9 Å². The average molecular weight is 1980 g/mol. The zero-order chi connectivity index (χ0) is 103. The summed E-state index contributed by atoms with van der Waals surface area (Å²) in [5.41, 5.74) is 22.3. The highest BCUT2D eigenvalue weighted by Crippen LogP contribution is 2.23. The summed E-state index contributed by atoms with van der Waals surface area (Å²) < 4.78 is 0. The fraction of sp³-hybridized carbons (Fsp3) is 0.585. The van der Waals surface area contributed by atoms with Crippen LogP contribution in [0.3, 0.4) is 0 Å². The van der Waals surface area contributed by atoms with Crippen LogP contribution in [-0.2, 0) is 104 Å². The van der Waals surface area contributed by atoms with E-state index in [0.717, 1.165) is 11.8 Å². The molecule has 0 bridgehead atoms. The molecule has 137 heavy (non-hydrogen) atoms. The molecule has 0 unspecified atom stereocenters. The first-order chi connectivity index (χ1) is 64.6. The van der Waals surface area contributed by atoms with E-state index >= 15 is 4.79 Å². The normalized spacial score (nSPS) is 15.7. The molecule has 17 atom stereocenters. The number of aromatic hydroxyl groups is 1. The number of carboxylic acid groups (broad SMARTS) is 3. The molecule has 0 aliphatic carbocycles. The molecule has 55 heteroatoms. The van der Waals surface area contributed by atoms with Crippen molar-refractivity contribution in [1.82, 2.24) is 101 Å². The lowest BCUT2D eigenvalue weighted by Gasteiger charge is -2.32. The third kappa shape index (κ3) is 42.5. The molecule has 1 fully saturated rings. The maximum Gasteiger partial charge on any atom is 0.328 e. The molecule has 2 aromatic rings. The van der Waals surface area contributed by atoms with Crippen LogP contribution in [0.15, 0.2) is 54.6 Å². The number of amides is 16. The second-order valence-electron chi connectivity index (χ2n) is 32.6. The molecular formula is C82H130N26O27S2. The van der Waals surface area contributed by atoms with Crippen molar-refractivity contribution in [2.75, 3.05) is 64.1 Å². The van der Waals surface area contributed by atoms with E-state index in [0.29, 0.717) is 11.1 Å². The largest absolute Gasteiger partial charge is 0.508 e. The van der Waals surface area contributed by atoms with Crippen LogP contribution >= 0.6 is 25.3 Å². The monoisotopic (exact) mass is 1970 g/mol. The number of benzene rings is 2. The minimum atomic E-state index is -2.10. The van der Waals surface area contributed by atoms with E-state index in [1.807, 2.05) is 0 Å². The summed E-state index contributed by atoms with van der Waals surface area (Å²) in [5.74, 6) is -26.4. The fourth-order valence-electron chi connectivity index (χ4n) is 13.6. The Morgan fingerprint density at radius 3 is 1.20 bits per heavy atom. The Kier molecular flexibility index (Phi) is 52.2. The summed E-state index contributed by atoms with van der Waals surface area (Å²) in [6.45, 7) is 3.28. The van der Waals surface area contributed by atoms with Crippen LogP contribution in [0.4, 0.5) is 0 Å². The van der Waals surface area contributed by atoms with Crippen molar-refractivity contribution < 1.29 is 132 Å². The molecule has 762 valence electrons. The number of phenolic OH excluding ortho intramolecular Hbond substituents is 1. The third-order valence-electron chi connectivity index (χ3n) is 20.8. The molecule has 0 aromatic heterocycles. The van der Waals surface area contributed by atoms with Crippen LogP contribution in [0.5, 0.6) is 5.75 Å². The number of aliphatic hydroxyl groups is 4. The van der Waals surface area contributed by atoms with Gasteiger partial charge in [0.25, 0.3) is 0 Å². The van der Waals surface area contributed by atoms with Crippen LogP contribution in [0, 0.1) is 28.1 Å². The zero-order valence-corrected chi connectivity index (χ0v) is 77.9. The summed E-state index contributed by atoms with van der Waals surface area (Å²) in [4.78, 5) is 263.